The number of hydrogen-bond donors (Lipinski definition) is 0. The Kier molecular flexibility index (Phi) is 6.26. The van der Waals surface area contributed by atoms with Gasteiger partial charge in [0.1, 0.15) is 11.5 Å². The molecule has 0 atom stereocenters. The van der Waals surface area contributed by atoms with E-state index in [1.807, 2.05) is 42.5 Å². The van der Waals surface area contributed by atoms with Crippen LogP contribution < -0.4 is 4.90 Å². The van der Waals surface area contributed by atoms with Crippen LogP contribution in [0.15, 0.2) is 76.1 Å². The second-order valence-electron chi connectivity index (χ2n) is 7.87. The summed E-state index contributed by atoms with van der Waals surface area (Å²) in [5.74, 6) is 0.834. The molecule has 33 heavy (non-hydrogen) atoms. The molecule has 1 aromatic heterocycles. The smallest absolute Gasteiger partial charge is 0.294 e. The summed E-state index contributed by atoms with van der Waals surface area (Å²) in [6.45, 7) is 3.58. The van der Waals surface area contributed by atoms with Crippen LogP contribution in [0.25, 0.3) is 17.4 Å². The van der Waals surface area contributed by atoms with E-state index in [-0.39, 0.29) is 11.1 Å². The van der Waals surface area contributed by atoms with Crippen LogP contribution in [-0.4, -0.2) is 53.8 Å². The Morgan fingerprint density at radius 1 is 0.909 bits per heavy atom. The number of anilines is 1. The predicted molar refractivity (Wildman–Crippen MR) is 132 cm³/mol. The SMILES string of the molecule is O=C1S/C(=C/c2ccc(-c3ccccc3Cl)o2)C(=O)N1CN1CCN(c2ccccc2)CC1. The maximum atomic E-state index is 12.9. The van der Waals surface area contributed by atoms with Gasteiger partial charge < -0.3 is 9.32 Å². The van der Waals surface area contributed by atoms with Crippen LogP contribution >= 0.6 is 23.4 Å². The summed E-state index contributed by atoms with van der Waals surface area (Å²) in [6.07, 6.45) is 1.62. The lowest BCUT2D eigenvalue weighted by Gasteiger charge is -2.37. The van der Waals surface area contributed by atoms with Gasteiger partial charge in [-0.15, -0.1) is 0 Å². The van der Waals surface area contributed by atoms with Crippen molar-refractivity contribution in [2.75, 3.05) is 37.7 Å². The van der Waals surface area contributed by atoms with Crippen LogP contribution in [-0.2, 0) is 4.79 Å². The number of hydrogen-bond acceptors (Lipinski definition) is 6. The van der Waals surface area contributed by atoms with Gasteiger partial charge in [-0.25, -0.2) is 0 Å². The molecule has 0 spiro atoms. The Balaban J connectivity index is 1.23. The maximum absolute atomic E-state index is 12.9. The summed E-state index contributed by atoms with van der Waals surface area (Å²) in [5, 5.41) is 0.334. The minimum atomic E-state index is -0.286. The van der Waals surface area contributed by atoms with Crippen molar-refractivity contribution in [1.29, 1.82) is 0 Å². The quantitative estimate of drug-likeness (QED) is 0.456. The zero-order valence-corrected chi connectivity index (χ0v) is 19.4. The lowest BCUT2D eigenvalue weighted by atomic mass is 10.2. The number of carbonyl (C=O) groups excluding carboxylic acids is 2. The normalized spacial score (nSPS) is 18.5. The Morgan fingerprint density at radius 3 is 2.39 bits per heavy atom. The number of para-hydroxylation sites is 1. The molecule has 3 heterocycles. The highest BCUT2D eigenvalue weighted by atomic mass is 35.5. The molecule has 0 unspecified atom stereocenters. The first-order valence-electron chi connectivity index (χ1n) is 10.7. The Bertz CT molecular complexity index is 1200. The van der Waals surface area contributed by atoms with Gasteiger partial charge in [-0.3, -0.25) is 19.4 Å². The molecule has 2 aliphatic heterocycles. The number of amides is 2. The molecule has 2 aliphatic rings. The Hall–Kier alpha value is -3.00. The lowest BCUT2D eigenvalue weighted by Crippen LogP contribution is -2.50. The Labute approximate surface area is 201 Å². The fourth-order valence-electron chi connectivity index (χ4n) is 3.97. The van der Waals surface area contributed by atoms with E-state index >= 15 is 0 Å². The summed E-state index contributed by atoms with van der Waals surface area (Å²) in [7, 11) is 0. The van der Waals surface area contributed by atoms with Gasteiger partial charge in [0, 0.05) is 43.5 Å². The molecule has 3 aromatic rings. The summed E-state index contributed by atoms with van der Waals surface area (Å²) >= 11 is 7.19. The molecule has 0 N–H and O–H groups in total. The van der Waals surface area contributed by atoms with Gasteiger partial charge in [0.25, 0.3) is 11.1 Å². The molecular weight excluding hydrogens is 458 g/mol. The number of carbonyl (C=O) groups is 2. The van der Waals surface area contributed by atoms with Gasteiger partial charge in [-0.05, 0) is 48.2 Å². The second kappa shape index (κ2) is 9.47. The monoisotopic (exact) mass is 479 g/mol. The third kappa shape index (κ3) is 4.71. The van der Waals surface area contributed by atoms with Gasteiger partial charge in [-0.2, -0.15) is 0 Å². The first-order chi connectivity index (χ1) is 16.1. The van der Waals surface area contributed by atoms with E-state index in [2.05, 4.69) is 21.9 Å². The predicted octanol–water partition coefficient (Wildman–Crippen LogP) is 5.42. The molecule has 2 saturated heterocycles. The van der Waals surface area contributed by atoms with Crippen LogP contribution in [0.3, 0.4) is 0 Å². The van der Waals surface area contributed by atoms with Gasteiger partial charge in [0.15, 0.2) is 0 Å². The fraction of sp³-hybridized carbons (Fsp3) is 0.200. The Morgan fingerprint density at radius 2 is 1.64 bits per heavy atom. The number of rotatable bonds is 5. The van der Waals surface area contributed by atoms with E-state index in [0.717, 1.165) is 43.5 Å². The van der Waals surface area contributed by atoms with Crippen molar-refractivity contribution in [3.05, 3.63) is 82.4 Å². The highest BCUT2D eigenvalue weighted by Crippen LogP contribution is 2.34. The summed E-state index contributed by atoms with van der Waals surface area (Å²) < 4.78 is 5.86. The highest BCUT2D eigenvalue weighted by Gasteiger charge is 2.36. The van der Waals surface area contributed by atoms with Gasteiger partial charge >= 0.3 is 0 Å². The second-order valence-corrected chi connectivity index (χ2v) is 9.27. The van der Waals surface area contributed by atoms with E-state index in [0.29, 0.717) is 28.1 Å². The minimum Gasteiger partial charge on any atom is -0.457 e. The van der Waals surface area contributed by atoms with Crippen molar-refractivity contribution in [2.24, 2.45) is 0 Å². The molecule has 8 heteroatoms. The number of imide groups is 1. The molecule has 2 aromatic carbocycles. The van der Waals surface area contributed by atoms with E-state index < -0.39 is 0 Å². The van der Waals surface area contributed by atoms with Crippen molar-refractivity contribution in [3.63, 3.8) is 0 Å². The van der Waals surface area contributed by atoms with Crippen molar-refractivity contribution >= 4 is 46.3 Å². The third-order valence-corrected chi connectivity index (χ3v) is 6.99. The first-order valence-corrected chi connectivity index (χ1v) is 11.9. The average molecular weight is 480 g/mol. The zero-order valence-electron chi connectivity index (χ0n) is 17.8. The molecule has 2 fully saturated rings. The number of piperazine rings is 1. The number of benzene rings is 2. The van der Waals surface area contributed by atoms with Crippen molar-refractivity contribution in [3.8, 4) is 11.3 Å². The molecule has 0 aliphatic carbocycles. The van der Waals surface area contributed by atoms with Gasteiger partial charge in [-0.1, -0.05) is 41.9 Å². The van der Waals surface area contributed by atoms with E-state index in [1.54, 1.807) is 18.2 Å². The fourth-order valence-corrected chi connectivity index (χ4v) is 5.01. The molecular formula is C25H22ClN3O3S. The van der Waals surface area contributed by atoms with Crippen LogP contribution in [0.1, 0.15) is 5.76 Å². The van der Waals surface area contributed by atoms with Crippen molar-refractivity contribution in [2.45, 2.75) is 0 Å². The first kappa shape index (κ1) is 21.8. The largest absolute Gasteiger partial charge is 0.457 e. The highest BCUT2D eigenvalue weighted by molar-refractivity contribution is 8.18. The maximum Gasteiger partial charge on any atom is 0.294 e. The molecule has 2 amide bonds. The molecule has 5 rings (SSSR count). The number of nitrogens with zero attached hydrogens (tertiary/aromatic N) is 3. The molecule has 6 nitrogen and oxygen atoms in total. The molecule has 0 bridgehead atoms. The number of furan rings is 1. The van der Waals surface area contributed by atoms with Crippen molar-refractivity contribution in [1.82, 2.24) is 9.80 Å². The summed E-state index contributed by atoms with van der Waals surface area (Å²) in [6, 6.07) is 21.3. The lowest BCUT2D eigenvalue weighted by molar-refractivity contribution is -0.124. The van der Waals surface area contributed by atoms with Gasteiger partial charge in [0.05, 0.1) is 16.6 Å². The van der Waals surface area contributed by atoms with Crippen molar-refractivity contribution < 1.29 is 14.0 Å². The minimum absolute atomic E-state index is 0.255. The number of halogens is 1. The van der Waals surface area contributed by atoms with E-state index in [9.17, 15) is 9.59 Å². The average Bonchev–Trinajstić information content (AvgIpc) is 3.40. The molecule has 0 saturated carbocycles. The van der Waals surface area contributed by atoms with E-state index in [1.165, 1.54) is 10.6 Å². The number of thioether (sulfide) groups is 1. The topological polar surface area (TPSA) is 57.0 Å². The third-order valence-electron chi connectivity index (χ3n) is 5.75. The zero-order chi connectivity index (χ0) is 22.8. The van der Waals surface area contributed by atoms with Crippen LogP contribution in [0.2, 0.25) is 5.02 Å². The van der Waals surface area contributed by atoms with Gasteiger partial charge in [0.2, 0.25) is 0 Å². The van der Waals surface area contributed by atoms with Crippen LogP contribution in [0, 0.1) is 0 Å². The van der Waals surface area contributed by atoms with Crippen LogP contribution in [0.4, 0.5) is 10.5 Å². The van der Waals surface area contributed by atoms with E-state index in [4.69, 9.17) is 16.0 Å². The summed E-state index contributed by atoms with van der Waals surface area (Å²) in [5.41, 5.74) is 1.97. The standard InChI is InChI=1S/C25H22ClN3O3S/c26-21-9-5-4-8-20(21)22-11-10-19(32-22)16-23-24(30)29(25(31)33-23)17-27-12-14-28(15-13-27)18-6-2-1-3-7-18/h1-11,16H,12-15,17H2/b23-16+. The van der Waals surface area contributed by atoms with Crippen LogP contribution in [0.5, 0.6) is 0 Å². The molecule has 0 radical (unpaired) electrons. The summed E-state index contributed by atoms with van der Waals surface area (Å²) in [4.78, 5) is 31.6. The molecule has 168 valence electrons.